The Kier molecular flexibility index (Phi) is 7.67. The van der Waals surface area contributed by atoms with Gasteiger partial charge in [-0.15, -0.1) is 0 Å². The molecular formula is C27H33ClN4O3. The van der Waals surface area contributed by atoms with E-state index in [0.717, 1.165) is 40.7 Å². The summed E-state index contributed by atoms with van der Waals surface area (Å²) in [6.45, 7) is 4.28. The van der Waals surface area contributed by atoms with Gasteiger partial charge in [0.25, 0.3) is 5.91 Å². The van der Waals surface area contributed by atoms with E-state index in [1.165, 1.54) is 0 Å². The first-order chi connectivity index (χ1) is 16.8. The van der Waals surface area contributed by atoms with Gasteiger partial charge in [0, 0.05) is 47.3 Å². The van der Waals surface area contributed by atoms with Gasteiger partial charge < -0.3 is 19.5 Å². The van der Waals surface area contributed by atoms with Crippen LogP contribution in [0.5, 0.6) is 0 Å². The summed E-state index contributed by atoms with van der Waals surface area (Å²) in [6, 6.07) is 13.0. The van der Waals surface area contributed by atoms with E-state index < -0.39 is 0 Å². The first kappa shape index (κ1) is 25.1. The molecule has 0 aliphatic carbocycles. The van der Waals surface area contributed by atoms with Crippen molar-refractivity contribution in [2.45, 2.75) is 25.8 Å². The summed E-state index contributed by atoms with van der Waals surface area (Å²) in [4.78, 5) is 34.9. The fraction of sp³-hybridized carbons (Fsp3) is 0.407. The number of H-pyrrole nitrogens is 1. The molecular weight excluding hydrogens is 464 g/mol. The first-order valence-corrected chi connectivity index (χ1v) is 12.4. The number of amides is 2. The van der Waals surface area contributed by atoms with E-state index in [1.54, 1.807) is 9.80 Å². The van der Waals surface area contributed by atoms with Gasteiger partial charge in [-0.25, -0.2) is 4.79 Å². The van der Waals surface area contributed by atoms with Crippen LogP contribution in [0.3, 0.4) is 0 Å². The Labute approximate surface area is 211 Å². The number of aromatic nitrogens is 1. The van der Waals surface area contributed by atoms with Gasteiger partial charge in [-0.3, -0.25) is 9.69 Å². The van der Waals surface area contributed by atoms with Crippen molar-refractivity contribution in [3.05, 3.63) is 69.9 Å². The first-order valence-electron chi connectivity index (χ1n) is 12.0. The zero-order valence-corrected chi connectivity index (χ0v) is 21.6. The van der Waals surface area contributed by atoms with Crippen LogP contribution >= 0.6 is 11.6 Å². The summed E-state index contributed by atoms with van der Waals surface area (Å²) < 4.78 is 5.38. The summed E-state index contributed by atoms with van der Waals surface area (Å²) in [5.41, 5.74) is 4.66. The van der Waals surface area contributed by atoms with Crippen molar-refractivity contribution in [1.82, 2.24) is 19.7 Å². The minimum Gasteiger partial charge on any atom is -0.450 e. The maximum absolute atomic E-state index is 12.9. The van der Waals surface area contributed by atoms with Crippen LogP contribution in [0.25, 0.3) is 10.9 Å². The molecule has 1 N–H and O–H groups in total. The monoisotopic (exact) mass is 496 g/mol. The largest absolute Gasteiger partial charge is 0.450 e. The van der Waals surface area contributed by atoms with Crippen molar-refractivity contribution in [3.8, 4) is 0 Å². The van der Waals surface area contributed by atoms with E-state index in [9.17, 15) is 9.59 Å². The van der Waals surface area contributed by atoms with Crippen LogP contribution in [0.4, 0.5) is 4.79 Å². The Bertz CT molecular complexity index is 1210. The molecule has 2 heterocycles. The molecule has 0 bridgehead atoms. The molecule has 1 unspecified atom stereocenters. The van der Waals surface area contributed by atoms with E-state index in [0.29, 0.717) is 36.7 Å². The third-order valence-corrected chi connectivity index (χ3v) is 6.75. The minimum absolute atomic E-state index is 0.0119. The molecule has 0 spiro atoms. The van der Waals surface area contributed by atoms with Crippen molar-refractivity contribution in [3.63, 3.8) is 0 Å². The Morgan fingerprint density at radius 2 is 1.86 bits per heavy atom. The van der Waals surface area contributed by atoms with E-state index in [4.69, 9.17) is 16.3 Å². The van der Waals surface area contributed by atoms with Gasteiger partial charge in [0.05, 0.1) is 6.61 Å². The smallest absolute Gasteiger partial charge is 0.410 e. The second-order valence-electron chi connectivity index (χ2n) is 9.26. The summed E-state index contributed by atoms with van der Waals surface area (Å²) in [5.74, 6) is -0.0119. The average Bonchev–Trinajstić information content (AvgIpc) is 3.20. The molecule has 4 rings (SSSR count). The Balaban J connectivity index is 1.65. The summed E-state index contributed by atoms with van der Waals surface area (Å²) in [7, 11) is 5.88. The number of carbonyl (C=O) groups excluding carboxylic acids is 2. The number of ether oxygens (including phenoxy) is 1. The van der Waals surface area contributed by atoms with Gasteiger partial charge in [-0.2, -0.15) is 0 Å². The standard InChI is InChI=1S/C27H33ClN4O3/c1-5-35-27(34)32-16-13-21-22-17-20(28)11-12-23(22)29-24(21)25(32)18-7-9-19(10-8-18)26(33)31(4)15-6-14-30(2)3/h7-12,17,25,29H,5-6,13-16H2,1-4H3. The third kappa shape index (κ3) is 5.31. The highest BCUT2D eigenvalue weighted by Crippen LogP contribution is 2.39. The molecule has 0 saturated carbocycles. The number of hydrogen-bond acceptors (Lipinski definition) is 4. The number of nitrogens with one attached hydrogen (secondary N) is 1. The fourth-order valence-electron chi connectivity index (χ4n) is 4.76. The van der Waals surface area contributed by atoms with E-state index in [1.807, 2.05) is 70.5 Å². The molecule has 1 aliphatic rings. The molecule has 35 heavy (non-hydrogen) atoms. The van der Waals surface area contributed by atoms with Crippen LogP contribution in [-0.2, 0) is 11.2 Å². The van der Waals surface area contributed by atoms with Crippen LogP contribution in [-0.4, -0.2) is 79.1 Å². The van der Waals surface area contributed by atoms with E-state index in [2.05, 4.69) is 9.88 Å². The number of rotatable bonds is 7. The van der Waals surface area contributed by atoms with Crippen molar-refractivity contribution in [2.75, 3.05) is 47.4 Å². The number of halogens is 1. The molecule has 186 valence electrons. The van der Waals surface area contributed by atoms with Crippen molar-refractivity contribution in [2.24, 2.45) is 0 Å². The number of aromatic amines is 1. The Morgan fingerprint density at radius 3 is 2.54 bits per heavy atom. The molecule has 8 heteroatoms. The number of benzene rings is 2. The van der Waals surface area contributed by atoms with E-state index >= 15 is 0 Å². The van der Waals surface area contributed by atoms with Crippen LogP contribution in [0.15, 0.2) is 42.5 Å². The van der Waals surface area contributed by atoms with Crippen LogP contribution in [0.2, 0.25) is 5.02 Å². The molecule has 2 amide bonds. The normalized spacial score (nSPS) is 15.4. The van der Waals surface area contributed by atoms with Gasteiger partial charge >= 0.3 is 6.09 Å². The van der Waals surface area contributed by atoms with Crippen molar-refractivity contribution >= 4 is 34.5 Å². The van der Waals surface area contributed by atoms with Crippen molar-refractivity contribution < 1.29 is 14.3 Å². The quantitative estimate of drug-likeness (QED) is 0.502. The fourth-order valence-corrected chi connectivity index (χ4v) is 4.94. The van der Waals surface area contributed by atoms with Crippen LogP contribution in [0.1, 0.15) is 46.6 Å². The van der Waals surface area contributed by atoms with Gasteiger partial charge in [-0.1, -0.05) is 23.7 Å². The molecule has 0 fully saturated rings. The predicted molar refractivity (Wildman–Crippen MR) is 139 cm³/mol. The number of nitrogens with zero attached hydrogens (tertiary/aromatic N) is 3. The van der Waals surface area contributed by atoms with Gasteiger partial charge in [0.1, 0.15) is 6.04 Å². The maximum Gasteiger partial charge on any atom is 0.410 e. The Morgan fingerprint density at radius 1 is 1.11 bits per heavy atom. The lowest BCUT2D eigenvalue weighted by atomic mass is 9.92. The number of hydrogen-bond donors (Lipinski definition) is 1. The molecule has 2 aromatic carbocycles. The summed E-state index contributed by atoms with van der Waals surface area (Å²) in [5, 5.41) is 1.76. The van der Waals surface area contributed by atoms with Gasteiger partial charge in [0.15, 0.2) is 0 Å². The molecule has 0 saturated heterocycles. The summed E-state index contributed by atoms with van der Waals surface area (Å²) >= 11 is 6.27. The topological polar surface area (TPSA) is 68.9 Å². The Hall–Kier alpha value is -3.03. The highest BCUT2D eigenvalue weighted by atomic mass is 35.5. The average molecular weight is 497 g/mol. The lowest BCUT2D eigenvalue weighted by Gasteiger charge is -2.35. The molecule has 7 nitrogen and oxygen atoms in total. The molecule has 0 radical (unpaired) electrons. The van der Waals surface area contributed by atoms with Crippen LogP contribution in [0, 0.1) is 0 Å². The highest BCUT2D eigenvalue weighted by molar-refractivity contribution is 6.31. The second-order valence-corrected chi connectivity index (χ2v) is 9.69. The molecule has 1 atom stereocenters. The second kappa shape index (κ2) is 10.7. The lowest BCUT2D eigenvalue weighted by Crippen LogP contribution is -2.41. The number of fused-ring (bicyclic) bond motifs is 3. The zero-order valence-electron chi connectivity index (χ0n) is 20.8. The predicted octanol–water partition coefficient (Wildman–Crippen LogP) is 4.95. The highest BCUT2D eigenvalue weighted by Gasteiger charge is 2.35. The van der Waals surface area contributed by atoms with Gasteiger partial charge in [-0.05, 0) is 81.9 Å². The minimum atomic E-state index is -0.347. The number of carbonyl (C=O) groups is 2. The van der Waals surface area contributed by atoms with E-state index in [-0.39, 0.29) is 18.0 Å². The molecule has 1 aromatic heterocycles. The molecule has 1 aliphatic heterocycles. The third-order valence-electron chi connectivity index (χ3n) is 6.51. The van der Waals surface area contributed by atoms with Crippen molar-refractivity contribution in [1.29, 1.82) is 0 Å². The lowest BCUT2D eigenvalue weighted by molar-refractivity contribution is 0.0789. The summed E-state index contributed by atoms with van der Waals surface area (Å²) in [6.07, 6.45) is 1.27. The van der Waals surface area contributed by atoms with Gasteiger partial charge in [0.2, 0.25) is 0 Å². The maximum atomic E-state index is 12.9. The van der Waals surface area contributed by atoms with Crippen LogP contribution < -0.4 is 0 Å². The zero-order chi connectivity index (χ0) is 25.1. The SMILES string of the molecule is CCOC(=O)N1CCc2c([nH]c3ccc(Cl)cc23)C1c1ccc(C(=O)N(C)CCCN(C)C)cc1. The molecule has 3 aromatic rings.